The van der Waals surface area contributed by atoms with Crippen molar-refractivity contribution < 1.29 is 4.79 Å². The van der Waals surface area contributed by atoms with Gasteiger partial charge in [-0.05, 0) is 53.8 Å². The van der Waals surface area contributed by atoms with Gasteiger partial charge in [-0.25, -0.2) is 0 Å². The number of carbonyl (C=O) groups is 1. The van der Waals surface area contributed by atoms with Gasteiger partial charge in [0.25, 0.3) is 0 Å². The predicted molar refractivity (Wildman–Crippen MR) is 115 cm³/mol. The molecular weight excluding hydrogens is 352 g/mol. The summed E-state index contributed by atoms with van der Waals surface area (Å²) in [6.07, 6.45) is 4.48. The van der Waals surface area contributed by atoms with Crippen LogP contribution in [0.25, 0.3) is 0 Å². The molecule has 3 nitrogen and oxygen atoms in total. The molecule has 0 unspecified atom stereocenters. The maximum absolute atomic E-state index is 12.7. The molecule has 0 radical (unpaired) electrons. The van der Waals surface area contributed by atoms with E-state index in [-0.39, 0.29) is 5.91 Å². The Bertz CT molecular complexity index is 849. The van der Waals surface area contributed by atoms with Gasteiger partial charge < -0.3 is 11.1 Å². The molecule has 0 fully saturated rings. The van der Waals surface area contributed by atoms with Gasteiger partial charge in [-0.15, -0.1) is 11.8 Å². The Hall–Kier alpha value is -2.56. The lowest BCUT2D eigenvalue weighted by Gasteiger charge is -2.23. The van der Waals surface area contributed by atoms with Gasteiger partial charge in [0.1, 0.15) is 5.54 Å². The summed E-state index contributed by atoms with van der Waals surface area (Å²) in [4.78, 5) is 13.9. The lowest BCUT2D eigenvalue weighted by atomic mass is 9.94. The van der Waals surface area contributed by atoms with Gasteiger partial charge in [0.15, 0.2) is 0 Å². The van der Waals surface area contributed by atoms with Crippen molar-refractivity contribution in [2.75, 3.05) is 5.32 Å². The average molecular weight is 377 g/mol. The zero-order valence-electron chi connectivity index (χ0n) is 15.3. The summed E-state index contributed by atoms with van der Waals surface area (Å²) >= 11 is 1.77. The van der Waals surface area contributed by atoms with Crippen LogP contribution in [0.15, 0.2) is 95.9 Å². The van der Waals surface area contributed by atoms with Crippen molar-refractivity contribution in [3.05, 3.63) is 96.6 Å². The molecule has 27 heavy (non-hydrogen) atoms. The third kappa shape index (κ3) is 4.59. The monoisotopic (exact) mass is 376 g/mol. The molecule has 1 aliphatic rings. The maximum Gasteiger partial charge on any atom is 0.245 e. The summed E-state index contributed by atoms with van der Waals surface area (Å²) < 4.78 is 0. The molecule has 2 aromatic rings. The number of amides is 1. The SMILES string of the molecule is C=CC1=C(C=C)CC(N)(C(=O)Nc2ccc(SCc3ccccc3)cc2)C1. The zero-order chi connectivity index (χ0) is 19.3. The minimum absolute atomic E-state index is 0.177. The molecule has 2 aromatic carbocycles. The number of benzene rings is 2. The number of carbonyl (C=O) groups excluding carboxylic acids is 1. The van der Waals surface area contributed by atoms with E-state index in [1.807, 2.05) is 42.5 Å². The molecule has 1 aliphatic carbocycles. The second kappa shape index (κ2) is 8.42. The fourth-order valence-corrected chi connectivity index (χ4v) is 4.02. The number of hydrogen-bond donors (Lipinski definition) is 2. The third-order valence-electron chi connectivity index (χ3n) is 4.73. The summed E-state index contributed by atoms with van der Waals surface area (Å²) in [6, 6.07) is 18.2. The predicted octanol–water partition coefficient (Wildman–Crippen LogP) is 5.08. The first-order chi connectivity index (χ1) is 13.0. The molecule has 3 rings (SSSR count). The first kappa shape index (κ1) is 19.2. The maximum atomic E-state index is 12.7. The molecule has 4 heteroatoms. The number of thioether (sulfide) groups is 1. The van der Waals surface area contributed by atoms with Crippen LogP contribution in [0.5, 0.6) is 0 Å². The Morgan fingerprint density at radius 2 is 1.63 bits per heavy atom. The largest absolute Gasteiger partial charge is 0.324 e. The van der Waals surface area contributed by atoms with E-state index >= 15 is 0 Å². The van der Waals surface area contributed by atoms with E-state index in [4.69, 9.17) is 5.73 Å². The zero-order valence-corrected chi connectivity index (χ0v) is 16.1. The highest BCUT2D eigenvalue weighted by atomic mass is 32.2. The van der Waals surface area contributed by atoms with Gasteiger partial charge in [0.05, 0.1) is 0 Å². The highest BCUT2D eigenvalue weighted by Gasteiger charge is 2.40. The lowest BCUT2D eigenvalue weighted by Crippen LogP contribution is -2.49. The normalized spacial score (nSPS) is 15.4. The van der Waals surface area contributed by atoms with Crippen molar-refractivity contribution in [3.8, 4) is 0 Å². The fourth-order valence-electron chi connectivity index (χ4n) is 3.17. The number of nitrogens with one attached hydrogen (secondary N) is 1. The average Bonchev–Trinajstić information content (AvgIpc) is 3.06. The third-order valence-corrected chi connectivity index (χ3v) is 5.81. The molecule has 0 atom stereocenters. The number of anilines is 1. The smallest absolute Gasteiger partial charge is 0.245 e. The molecule has 0 saturated carbocycles. The van der Waals surface area contributed by atoms with Gasteiger partial charge in [-0.3, -0.25) is 4.79 Å². The molecule has 0 spiro atoms. The number of allylic oxidation sites excluding steroid dienone is 2. The van der Waals surface area contributed by atoms with E-state index in [0.717, 1.165) is 27.5 Å². The van der Waals surface area contributed by atoms with Crippen molar-refractivity contribution in [1.82, 2.24) is 0 Å². The topological polar surface area (TPSA) is 55.1 Å². The Kier molecular flexibility index (Phi) is 5.99. The first-order valence-electron chi connectivity index (χ1n) is 8.88. The Balaban J connectivity index is 1.59. The summed E-state index contributed by atoms with van der Waals surface area (Å²) in [5.74, 6) is 0.738. The van der Waals surface area contributed by atoms with E-state index in [0.29, 0.717) is 12.8 Å². The van der Waals surface area contributed by atoms with Crippen LogP contribution in [-0.4, -0.2) is 11.4 Å². The molecule has 0 aliphatic heterocycles. The molecule has 0 saturated heterocycles. The Labute approximate surface area is 165 Å². The van der Waals surface area contributed by atoms with Crippen LogP contribution in [0.1, 0.15) is 18.4 Å². The minimum atomic E-state index is -0.951. The Morgan fingerprint density at radius 3 is 2.19 bits per heavy atom. The molecule has 0 bridgehead atoms. The van der Waals surface area contributed by atoms with Crippen molar-refractivity contribution in [2.45, 2.75) is 29.0 Å². The Morgan fingerprint density at radius 1 is 1.04 bits per heavy atom. The van der Waals surface area contributed by atoms with Crippen LogP contribution in [0.2, 0.25) is 0 Å². The molecule has 1 amide bonds. The van der Waals surface area contributed by atoms with Gasteiger partial charge in [0.2, 0.25) is 5.91 Å². The second-order valence-corrected chi connectivity index (χ2v) is 7.77. The van der Waals surface area contributed by atoms with E-state index in [9.17, 15) is 4.79 Å². The van der Waals surface area contributed by atoms with Crippen LogP contribution in [0.4, 0.5) is 5.69 Å². The summed E-state index contributed by atoms with van der Waals surface area (Å²) in [7, 11) is 0. The molecule has 3 N–H and O–H groups in total. The number of nitrogens with two attached hydrogens (primary N) is 1. The van der Waals surface area contributed by atoms with Crippen molar-refractivity contribution in [2.24, 2.45) is 5.73 Å². The van der Waals surface area contributed by atoms with Gasteiger partial charge in [-0.1, -0.05) is 55.6 Å². The number of rotatable bonds is 7. The van der Waals surface area contributed by atoms with Crippen molar-refractivity contribution >= 4 is 23.4 Å². The van der Waals surface area contributed by atoms with Gasteiger partial charge >= 0.3 is 0 Å². The molecular formula is C23H24N2OS. The first-order valence-corrected chi connectivity index (χ1v) is 9.86. The van der Waals surface area contributed by atoms with Crippen molar-refractivity contribution in [1.29, 1.82) is 0 Å². The molecule has 0 heterocycles. The highest BCUT2D eigenvalue weighted by molar-refractivity contribution is 7.98. The van der Waals surface area contributed by atoms with E-state index in [1.165, 1.54) is 5.56 Å². The van der Waals surface area contributed by atoms with E-state index in [1.54, 1.807) is 23.9 Å². The van der Waals surface area contributed by atoms with Gasteiger partial charge in [-0.2, -0.15) is 0 Å². The highest BCUT2D eigenvalue weighted by Crippen LogP contribution is 2.35. The van der Waals surface area contributed by atoms with Gasteiger partial charge in [0, 0.05) is 16.3 Å². The van der Waals surface area contributed by atoms with Crippen LogP contribution in [-0.2, 0) is 10.5 Å². The standard InChI is InChI=1S/C23H24N2OS/c1-3-18-14-23(24,15-19(18)4-2)22(26)25-20-10-12-21(13-11-20)27-16-17-8-6-5-7-9-17/h3-13H,1-2,14-16,24H2,(H,25,26). The van der Waals surface area contributed by atoms with E-state index < -0.39 is 5.54 Å². The lowest BCUT2D eigenvalue weighted by molar-refractivity contribution is -0.120. The summed E-state index contributed by atoms with van der Waals surface area (Å²) in [6.45, 7) is 7.61. The quantitative estimate of drug-likeness (QED) is 0.663. The van der Waals surface area contributed by atoms with E-state index in [2.05, 4.69) is 30.6 Å². The van der Waals surface area contributed by atoms with Crippen molar-refractivity contribution in [3.63, 3.8) is 0 Å². The summed E-state index contributed by atoms with van der Waals surface area (Å²) in [5.41, 5.74) is 9.45. The van der Waals surface area contributed by atoms with Crippen LogP contribution >= 0.6 is 11.8 Å². The van der Waals surface area contributed by atoms with Crippen LogP contribution in [0, 0.1) is 0 Å². The fraction of sp³-hybridized carbons (Fsp3) is 0.174. The number of hydrogen-bond acceptors (Lipinski definition) is 3. The molecule has 0 aromatic heterocycles. The summed E-state index contributed by atoms with van der Waals surface area (Å²) in [5, 5.41) is 2.95. The van der Waals surface area contributed by atoms with Crippen LogP contribution < -0.4 is 11.1 Å². The second-order valence-electron chi connectivity index (χ2n) is 6.72. The molecule has 138 valence electrons. The minimum Gasteiger partial charge on any atom is -0.324 e. The van der Waals surface area contributed by atoms with Crippen LogP contribution in [0.3, 0.4) is 0 Å².